The molecule has 1 amide bonds. The summed E-state index contributed by atoms with van der Waals surface area (Å²) in [5.74, 6) is -2.46. The van der Waals surface area contributed by atoms with Gasteiger partial charge in [0.1, 0.15) is 5.60 Å². The van der Waals surface area contributed by atoms with Crippen LogP contribution in [-0.2, 0) is 26.7 Å². The fourth-order valence-corrected chi connectivity index (χ4v) is 2.59. The highest BCUT2D eigenvalue weighted by molar-refractivity contribution is 5.99. The van der Waals surface area contributed by atoms with E-state index in [0.29, 0.717) is 12.1 Å². The Bertz CT molecular complexity index is 716. The molecule has 10 heteroatoms. The Morgan fingerprint density at radius 3 is 1.89 bits per heavy atom. The van der Waals surface area contributed by atoms with Crippen LogP contribution in [0.5, 0.6) is 0 Å². The van der Waals surface area contributed by atoms with E-state index >= 15 is 0 Å². The summed E-state index contributed by atoms with van der Waals surface area (Å²) < 4.78 is 82.9. The molecule has 0 aliphatic carbocycles. The van der Waals surface area contributed by atoms with E-state index in [-0.39, 0.29) is 19.0 Å². The topological polar surface area (TPSA) is 46.6 Å². The second kappa shape index (κ2) is 6.72. The third-order valence-electron chi connectivity index (χ3n) is 3.75. The monoisotopic (exact) mass is 397 g/mol. The van der Waals surface area contributed by atoms with Crippen LogP contribution in [0.4, 0.5) is 32.0 Å². The maximum absolute atomic E-state index is 13.0. The van der Waals surface area contributed by atoms with Gasteiger partial charge in [-0.3, -0.25) is 9.59 Å². The molecule has 1 aliphatic heterocycles. The number of nitrogens with zero attached hydrogens (tertiary/aromatic N) is 1. The molecule has 1 aliphatic rings. The Morgan fingerprint density at radius 2 is 1.48 bits per heavy atom. The van der Waals surface area contributed by atoms with E-state index in [0.717, 1.165) is 4.90 Å². The molecule has 27 heavy (non-hydrogen) atoms. The minimum atomic E-state index is -5.02. The Labute approximate surface area is 151 Å². The average Bonchev–Trinajstić information content (AvgIpc) is 2.85. The molecule has 0 radical (unpaired) electrons. The van der Waals surface area contributed by atoms with Crippen molar-refractivity contribution in [3.63, 3.8) is 0 Å². The first-order valence-corrected chi connectivity index (χ1v) is 7.90. The fourth-order valence-electron chi connectivity index (χ4n) is 2.59. The van der Waals surface area contributed by atoms with Gasteiger partial charge < -0.3 is 9.64 Å². The molecule has 1 saturated heterocycles. The number of anilines is 1. The van der Waals surface area contributed by atoms with Crippen molar-refractivity contribution in [3.8, 4) is 0 Å². The average molecular weight is 397 g/mol. The standard InChI is InChI=1S/C17H17F6NO3/c1-15(2,3)27-14(26)9-4-13(25)24(8-9)12-6-10(16(18,19)20)5-11(7-12)17(21,22)23/h5-7,9H,4,8H2,1-3H3. The van der Waals surface area contributed by atoms with Crippen molar-refractivity contribution in [2.45, 2.75) is 45.1 Å². The normalized spacial score (nSPS) is 18.8. The lowest BCUT2D eigenvalue weighted by atomic mass is 10.1. The maximum Gasteiger partial charge on any atom is 0.416 e. The summed E-state index contributed by atoms with van der Waals surface area (Å²) in [6.45, 7) is 4.44. The minimum absolute atomic E-state index is 0.0185. The molecule has 0 N–H and O–H groups in total. The van der Waals surface area contributed by atoms with Crippen LogP contribution in [0, 0.1) is 5.92 Å². The van der Waals surface area contributed by atoms with Gasteiger partial charge in [-0.25, -0.2) is 0 Å². The molecule has 1 unspecified atom stereocenters. The number of carbonyl (C=O) groups excluding carboxylic acids is 2. The van der Waals surface area contributed by atoms with Crippen LogP contribution >= 0.6 is 0 Å². The van der Waals surface area contributed by atoms with Gasteiger partial charge in [0.05, 0.1) is 17.0 Å². The number of hydrogen-bond acceptors (Lipinski definition) is 3. The summed E-state index contributed by atoms with van der Waals surface area (Å²) in [6.07, 6.45) is -10.4. The summed E-state index contributed by atoms with van der Waals surface area (Å²) in [6, 6.07) is 0.907. The number of carbonyl (C=O) groups is 2. The third kappa shape index (κ3) is 5.14. The van der Waals surface area contributed by atoms with Crippen molar-refractivity contribution >= 4 is 17.6 Å². The first-order valence-electron chi connectivity index (χ1n) is 7.90. The van der Waals surface area contributed by atoms with Crippen LogP contribution in [0.3, 0.4) is 0 Å². The summed E-state index contributed by atoms with van der Waals surface area (Å²) in [5, 5.41) is 0. The van der Waals surface area contributed by atoms with Gasteiger partial charge in [-0.15, -0.1) is 0 Å². The first-order chi connectivity index (χ1) is 12.1. The Morgan fingerprint density at radius 1 is 1.00 bits per heavy atom. The molecule has 0 saturated carbocycles. The van der Waals surface area contributed by atoms with Crippen LogP contribution in [-0.4, -0.2) is 24.0 Å². The molecule has 1 aromatic carbocycles. The van der Waals surface area contributed by atoms with Crippen LogP contribution in [0.2, 0.25) is 0 Å². The molecule has 2 rings (SSSR count). The Kier molecular flexibility index (Phi) is 5.24. The van der Waals surface area contributed by atoms with E-state index < -0.39 is 52.6 Å². The smallest absolute Gasteiger partial charge is 0.416 e. The maximum atomic E-state index is 13.0. The van der Waals surface area contributed by atoms with Crippen molar-refractivity contribution in [1.82, 2.24) is 0 Å². The SMILES string of the molecule is CC(C)(C)OC(=O)C1CC(=O)N(c2cc(C(F)(F)F)cc(C(F)(F)F)c2)C1. The van der Waals surface area contributed by atoms with Crippen molar-refractivity contribution in [2.24, 2.45) is 5.92 Å². The second-order valence-electron chi connectivity index (χ2n) is 7.20. The molecule has 1 aromatic rings. The summed E-state index contributed by atoms with van der Waals surface area (Å²) >= 11 is 0. The molecule has 1 fully saturated rings. The Balaban J connectivity index is 2.37. The highest BCUT2D eigenvalue weighted by atomic mass is 19.4. The predicted octanol–water partition coefficient (Wildman–Crippen LogP) is 4.42. The quantitative estimate of drug-likeness (QED) is 0.548. The first kappa shape index (κ1) is 21.0. The largest absolute Gasteiger partial charge is 0.460 e. The summed E-state index contributed by atoms with van der Waals surface area (Å²) in [7, 11) is 0. The molecular formula is C17H17F6NO3. The molecule has 0 aromatic heterocycles. The lowest BCUT2D eigenvalue weighted by molar-refractivity contribution is -0.159. The van der Waals surface area contributed by atoms with Crippen molar-refractivity contribution in [2.75, 3.05) is 11.4 Å². The van der Waals surface area contributed by atoms with Crippen molar-refractivity contribution in [1.29, 1.82) is 0 Å². The van der Waals surface area contributed by atoms with E-state index in [1.165, 1.54) is 0 Å². The van der Waals surface area contributed by atoms with Gasteiger partial charge in [-0.05, 0) is 39.0 Å². The molecule has 150 valence electrons. The zero-order valence-corrected chi connectivity index (χ0v) is 14.7. The van der Waals surface area contributed by atoms with Gasteiger partial charge in [0, 0.05) is 18.7 Å². The number of hydrogen-bond donors (Lipinski definition) is 0. The van der Waals surface area contributed by atoms with Crippen LogP contribution < -0.4 is 4.90 Å². The van der Waals surface area contributed by atoms with E-state index in [2.05, 4.69) is 0 Å². The zero-order chi connectivity index (χ0) is 20.8. The molecule has 4 nitrogen and oxygen atoms in total. The van der Waals surface area contributed by atoms with Crippen LogP contribution in [0.1, 0.15) is 38.3 Å². The van der Waals surface area contributed by atoms with Gasteiger partial charge in [0.15, 0.2) is 0 Å². The van der Waals surface area contributed by atoms with Gasteiger partial charge >= 0.3 is 18.3 Å². The van der Waals surface area contributed by atoms with Crippen molar-refractivity contribution in [3.05, 3.63) is 29.3 Å². The molecule has 0 bridgehead atoms. The Hall–Kier alpha value is -2.26. The summed E-state index contributed by atoms with van der Waals surface area (Å²) in [5.41, 5.74) is -4.46. The minimum Gasteiger partial charge on any atom is -0.460 e. The van der Waals surface area contributed by atoms with Gasteiger partial charge in [-0.2, -0.15) is 26.3 Å². The van der Waals surface area contributed by atoms with E-state index in [9.17, 15) is 35.9 Å². The van der Waals surface area contributed by atoms with Crippen LogP contribution in [0.25, 0.3) is 0 Å². The molecule has 0 spiro atoms. The second-order valence-corrected chi connectivity index (χ2v) is 7.20. The molecular weight excluding hydrogens is 380 g/mol. The number of alkyl halides is 6. The highest BCUT2D eigenvalue weighted by Crippen LogP contribution is 2.39. The fraction of sp³-hybridized carbons (Fsp3) is 0.529. The van der Waals surface area contributed by atoms with E-state index in [1.54, 1.807) is 20.8 Å². The number of benzene rings is 1. The zero-order valence-electron chi connectivity index (χ0n) is 14.7. The number of halogens is 6. The number of esters is 1. The summed E-state index contributed by atoms with van der Waals surface area (Å²) in [4.78, 5) is 25.0. The molecule has 1 heterocycles. The highest BCUT2D eigenvalue weighted by Gasteiger charge is 2.41. The van der Waals surface area contributed by atoms with Crippen molar-refractivity contribution < 1.29 is 40.7 Å². The van der Waals surface area contributed by atoms with E-state index in [1.807, 2.05) is 0 Å². The van der Waals surface area contributed by atoms with Gasteiger partial charge in [-0.1, -0.05) is 0 Å². The lowest BCUT2D eigenvalue weighted by Gasteiger charge is -2.23. The molecule has 1 atom stereocenters. The van der Waals surface area contributed by atoms with Crippen LogP contribution in [0.15, 0.2) is 18.2 Å². The lowest BCUT2D eigenvalue weighted by Crippen LogP contribution is -2.31. The van der Waals surface area contributed by atoms with E-state index in [4.69, 9.17) is 4.74 Å². The third-order valence-corrected chi connectivity index (χ3v) is 3.75. The van der Waals surface area contributed by atoms with Gasteiger partial charge in [0.2, 0.25) is 5.91 Å². The number of ether oxygens (including phenoxy) is 1. The number of rotatable bonds is 2. The van der Waals surface area contributed by atoms with Gasteiger partial charge in [0.25, 0.3) is 0 Å². The number of amides is 1. The predicted molar refractivity (Wildman–Crippen MR) is 82.8 cm³/mol.